The molecule has 2 aromatic rings. The summed E-state index contributed by atoms with van der Waals surface area (Å²) < 4.78 is 0. The largest absolute Gasteiger partial charge is 0.369 e. The molecule has 2 aliphatic heterocycles. The number of anilines is 1. The summed E-state index contributed by atoms with van der Waals surface area (Å²) in [6.07, 6.45) is 7.94. The van der Waals surface area contributed by atoms with E-state index in [1.807, 2.05) is 23.7 Å². The number of nitrogens with zero attached hydrogens (tertiary/aromatic N) is 4. The predicted octanol–water partition coefficient (Wildman–Crippen LogP) is 3.45. The van der Waals surface area contributed by atoms with Gasteiger partial charge in [0.2, 0.25) is 0 Å². The number of pyridine rings is 1. The van der Waals surface area contributed by atoms with Crippen LogP contribution in [-0.4, -0.2) is 54.1 Å². The molecule has 2 aliphatic rings. The van der Waals surface area contributed by atoms with Gasteiger partial charge in [-0.2, -0.15) is 0 Å². The molecule has 0 radical (unpaired) electrons. The van der Waals surface area contributed by atoms with Crippen LogP contribution < -0.4 is 4.90 Å². The van der Waals surface area contributed by atoms with Crippen LogP contribution in [0, 0.1) is 0 Å². The zero-order chi connectivity index (χ0) is 16.9. The number of thiophene rings is 1. The van der Waals surface area contributed by atoms with Crippen molar-refractivity contribution in [2.75, 3.05) is 44.2 Å². The normalized spacial score (nSPS) is 20.1. The van der Waals surface area contributed by atoms with E-state index in [1.165, 1.54) is 47.8 Å². The lowest BCUT2D eigenvalue weighted by atomic mass is 10.1. The lowest BCUT2D eigenvalue weighted by Gasteiger charge is -2.35. The third kappa shape index (κ3) is 4.60. The third-order valence-corrected chi connectivity index (χ3v) is 6.38. The van der Waals surface area contributed by atoms with E-state index in [0.29, 0.717) is 0 Å². The molecule has 0 amide bonds. The average Bonchev–Trinajstić information content (AvgIpc) is 3.11. The van der Waals surface area contributed by atoms with Crippen molar-refractivity contribution >= 4 is 17.0 Å². The van der Waals surface area contributed by atoms with Crippen LogP contribution in [0.25, 0.3) is 0 Å². The lowest BCUT2D eigenvalue weighted by Crippen LogP contribution is -2.45. The van der Waals surface area contributed by atoms with Gasteiger partial charge in [-0.15, -0.1) is 11.3 Å². The number of piperazine rings is 1. The minimum Gasteiger partial charge on any atom is -0.369 e. The van der Waals surface area contributed by atoms with E-state index >= 15 is 0 Å². The Labute approximate surface area is 155 Å². The molecule has 0 bridgehead atoms. The molecule has 4 nitrogen and oxygen atoms in total. The second-order valence-corrected chi connectivity index (χ2v) is 8.43. The highest BCUT2D eigenvalue weighted by Crippen LogP contribution is 2.23. The average molecular weight is 357 g/mol. The molecule has 2 saturated heterocycles. The zero-order valence-electron chi connectivity index (χ0n) is 14.9. The van der Waals surface area contributed by atoms with Gasteiger partial charge in [-0.1, -0.05) is 6.42 Å². The van der Waals surface area contributed by atoms with Gasteiger partial charge in [-0.25, -0.2) is 0 Å². The van der Waals surface area contributed by atoms with Crippen molar-refractivity contribution in [2.24, 2.45) is 0 Å². The first-order valence-electron chi connectivity index (χ1n) is 9.54. The Kier molecular flexibility index (Phi) is 5.65. The molecule has 5 heteroatoms. The monoisotopic (exact) mass is 356 g/mol. The van der Waals surface area contributed by atoms with E-state index in [-0.39, 0.29) is 0 Å². The third-order valence-electron chi connectivity index (χ3n) is 5.33. The van der Waals surface area contributed by atoms with Crippen LogP contribution in [0.5, 0.6) is 0 Å². The van der Waals surface area contributed by atoms with Crippen LogP contribution in [0.4, 0.5) is 5.69 Å². The van der Waals surface area contributed by atoms with Gasteiger partial charge >= 0.3 is 0 Å². The summed E-state index contributed by atoms with van der Waals surface area (Å²) in [5, 5.41) is 0. The Hall–Kier alpha value is -1.43. The summed E-state index contributed by atoms with van der Waals surface area (Å²) in [5.74, 6) is 0. The molecule has 4 heterocycles. The Morgan fingerprint density at radius 1 is 0.720 bits per heavy atom. The fourth-order valence-corrected chi connectivity index (χ4v) is 4.97. The van der Waals surface area contributed by atoms with E-state index in [1.54, 1.807) is 0 Å². The van der Waals surface area contributed by atoms with Gasteiger partial charge in [0.1, 0.15) is 0 Å². The summed E-state index contributed by atoms with van der Waals surface area (Å²) in [6, 6.07) is 8.92. The highest BCUT2D eigenvalue weighted by molar-refractivity contribution is 7.11. The molecule has 0 aliphatic carbocycles. The predicted molar refractivity (Wildman–Crippen MR) is 105 cm³/mol. The number of rotatable bonds is 5. The molecule has 134 valence electrons. The van der Waals surface area contributed by atoms with Gasteiger partial charge in [0, 0.05) is 67.1 Å². The molecule has 25 heavy (non-hydrogen) atoms. The first-order chi connectivity index (χ1) is 12.4. The second-order valence-electron chi connectivity index (χ2n) is 7.17. The van der Waals surface area contributed by atoms with E-state index in [9.17, 15) is 0 Å². The van der Waals surface area contributed by atoms with Crippen molar-refractivity contribution in [3.63, 3.8) is 0 Å². The van der Waals surface area contributed by atoms with E-state index in [0.717, 1.165) is 39.3 Å². The smallest absolute Gasteiger partial charge is 0.0397 e. The Bertz CT molecular complexity index is 643. The van der Waals surface area contributed by atoms with Gasteiger partial charge in [0.15, 0.2) is 0 Å². The topological polar surface area (TPSA) is 22.6 Å². The van der Waals surface area contributed by atoms with Gasteiger partial charge < -0.3 is 4.90 Å². The van der Waals surface area contributed by atoms with E-state index < -0.39 is 0 Å². The van der Waals surface area contributed by atoms with Gasteiger partial charge in [0.05, 0.1) is 0 Å². The van der Waals surface area contributed by atoms with Crippen molar-refractivity contribution in [1.29, 1.82) is 0 Å². The number of likely N-dealkylation sites (tertiary alicyclic amines) is 1. The van der Waals surface area contributed by atoms with Crippen molar-refractivity contribution in [1.82, 2.24) is 14.8 Å². The summed E-state index contributed by atoms with van der Waals surface area (Å²) in [5.41, 5.74) is 1.30. The number of piperidine rings is 1. The Balaban J connectivity index is 1.26. The first-order valence-corrected chi connectivity index (χ1v) is 10.4. The van der Waals surface area contributed by atoms with Crippen molar-refractivity contribution in [3.05, 3.63) is 46.4 Å². The van der Waals surface area contributed by atoms with Gasteiger partial charge in [-0.3, -0.25) is 14.8 Å². The van der Waals surface area contributed by atoms with Crippen LogP contribution in [0.3, 0.4) is 0 Å². The molecular formula is C20H28N4S. The minimum atomic E-state index is 1.11. The maximum atomic E-state index is 4.12. The molecule has 2 fully saturated rings. The second kappa shape index (κ2) is 8.30. The molecule has 2 aromatic heterocycles. The van der Waals surface area contributed by atoms with E-state index in [2.05, 4.69) is 43.9 Å². The maximum absolute atomic E-state index is 4.12. The van der Waals surface area contributed by atoms with Crippen LogP contribution in [0.15, 0.2) is 36.7 Å². The van der Waals surface area contributed by atoms with Gasteiger partial charge in [0.25, 0.3) is 0 Å². The Morgan fingerprint density at radius 3 is 1.96 bits per heavy atom. The van der Waals surface area contributed by atoms with E-state index in [4.69, 9.17) is 0 Å². The number of hydrogen-bond donors (Lipinski definition) is 0. The minimum absolute atomic E-state index is 1.11. The SMILES string of the molecule is c1cc(N2CCN(Cc3ccc(CN4CCCCC4)s3)CC2)ccn1. The molecule has 0 saturated carbocycles. The highest BCUT2D eigenvalue weighted by atomic mass is 32.1. The maximum Gasteiger partial charge on any atom is 0.0397 e. The molecule has 0 aromatic carbocycles. The van der Waals surface area contributed by atoms with Crippen LogP contribution >= 0.6 is 11.3 Å². The molecule has 4 rings (SSSR count). The standard InChI is InChI=1S/C20H28N4S/c1-2-10-22(11-3-1)16-19-4-5-20(25-19)17-23-12-14-24(15-13-23)18-6-8-21-9-7-18/h4-9H,1-3,10-17H2. The van der Waals surface area contributed by atoms with Crippen LogP contribution in [0.2, 0.25) is 0 Å². The van der Waals surface area contributed by atoms with Crippen molar-refractivity contribution in [3.8, 4) is 0 Å². The zero-order valence-corrected chi connectivity index (χ0v) is 15.8. The van der Waals surface area contributed by atoms with Crippen molar-refractivity contribution in [2.45, 2.75) is 32.4 Å². The molecular weight excluding hydrogens is 328 g/mol. The van der Waals surface area contributed by atoms with Gasteiger partial charge in [-0.05, 0) is 50.2 Å². The highest BCUT2D eigenvalue weighted by Gasteiger charge is 2.18. The summed E-state index contributed by atoms with van der Waals surface area (Å²) in [6.45, 7) is 9.32. The number of aromatic nitrogens is 1. The van der Waals surface area contributed by atoms with Crippen molar-refractivity contribution < 1.29 is 0 Å². The fourth-order valence-electron chi connectivity index (χ4n) is 3.87. The number of hydrogen-bond acceptors (Lipinski definition) is 5. The lowest BCUT2D eigenvalue weighted by molar-refractivity contribution is 0.222. The first kappa shape index (κ1) is 17.0. The summed E-state index contributed by atoms with van der Waals surface area (Å²) in [7, 11) is 0. The van der Waals surface area contributed by atoms with Crippen LogP contribution in [-0.2, 0) is 13.1 Å². The fraction of sp³-hybridized carbons (Fsp3) is 0.550. The van der Waals surface area contributed by atoms with Crippen LogP contribution in [0.1, 0.15) is 29.0 Å². The Morgan fingerprint density at radius 2 is 1.32 bits per heavy atom. The molecule has 0 unspecified atom stereocenters. The molecule has 0 spiro atoms. The summed E-state index contributed by atoms with van der Waals surface area (Å²) >= 11 is 2.01. The summed E-state index contributed by atoms with van der Waals surface area (Å²) in [4.78, 5) is 14.8. The molecule has 0 N–H and O–H groups in total. The quantitative estimate of drug-likeness (QED) is 0.818. The molecule has 0 atom stereocenters.